The van der Waals surface area contributed by atoms with Crippen molar-refractivity contribution < 1.29 is 23.5 Å². The summed E-state index contributed by atoms with van der Waals surface area (Å²) in [5.74, 6) is -2.27. The lowest BCUT2D eigenvalue weighted by Crippen LogP contribution is -2.45. The number of fused-ring (bicyclic) bond motifs is 1. The van der Waals surface area contributed by atoms with Gasteiger partial charge in [-0.1, -0.05) is 0 Å². The highest BCUT2D eigenvalue weighted by Gasteiger charge is 2.29. The maximum atomic E-state index is 13.7. The highest BCUT2D eigenvalue weighted by Crippen LogP contribution is 2.31. The first kappa shape index (κ1) is 15.2. The maximum Gasteiger partial charge on any atom is 0.317 e. The summed E-state index contributed by atoms with van der Waals surface area (Å²) in [6, 6.07) is 1.18. The lowest BCUT2D eigenvalue weighted by Gasteiger charge is -2.35. The van der Waals surface area contributed by atoms with Crippen LogP contribution in [0.25, 0.3) is 0 Å². The fourth-order valence-corrected chi connectivity index (χ4v) is 2.51. The zero-order chi connectivity index (χ0) is 15.6. The third kappa shape index (κ3) is 3.29. The Bertz CT molecular complexity index is 578. The molecule has 21 heavy (non-hydrogen) atoms. The highest BCUT2D eigenvalue weighted by atomic mass is 19.1. The van der Waals surface area contributed by atoms with Crippen molar-refractivity contribution >= 4 is 12.0 Å². The van der Waals surface area contributed by atoms with Crippen molar-refractivity contribution in [1.29, 1.82) is 0 Å². The first-order valence-corrected chi connectivity index (χ1v) is 6.64. The number of hydrogen-bond acceptors (Lipinski definition) is 2. The third-order valence-electron chi connectivity index (χ3n) is 3.59. The normalized spacial score (nSPS) is 17.3. The van der Waals surface area contributed by atoms with Gasteiger partial charge in [0.25, 0.3) is 0 Å². The number of halogens is 2. The summed E-state index contributed by atoms with van der Waals surface area (Å²) in [7, 11) is 0. The van der Waals surface area contributed by atoms with Crippen LogP contribution in [0.5, 0.6) is 0 Å². The molecule has 1 atom stereocenters. The Morgan fingerprint density at radius 1 is 1.43 bits per heavy atom. The Hall–Kier alpha value is -2.18. The van der Waals surface area contributed by atoms with Crippen molar-refractivity contribution in [2.45, 2.75) is 25.8 Å². The molecule has 0 aliphatic carbocycles. The van der Waals surface area contributed by atoms with E-state index in [2.05, 4.69) is 5.32 Å². The number of amides is 2. The molecule has 2 amide bonds. The number of carboxylic acids is 1. The van der Waals surface area contributed by atoms with Crippen LogP contribution in [0.1, 0.15) is 30.5 Å². The standard InChI is InChI=1S/C14H16F2N2O3/c1-8-11-6-9(15)7-12(16)10(11)3-5-18(8)14(21)17-4-2-13(19)20/h6-8H,2-5H2,1H3,(H,17,21)(H,19,20). The Balaban J connectivity index is 2.11. The molecule has 1 heterocycles. The second-order valence-corrected chi connectivity index (χ2v) is 4.95. The van der Waals surface area contributed by atoms with Crippen LogP contribution >= 0.6 is 0 Å². The summed E-state index contributed by atoms with van der Waals surface area (Å²) in [5, 5.41) is 11.0. The third-order valence-corrected chi connectivity index (χ3v) is 3.59. The van der Waals surface area contributed by atoms with E-state index in [0.717, 1.165) is 6.07 Å². The lowest BCUT2D eigenvalue weighted by atomic mass is 9.93. The van der Waals surface area contributed by atoms with Gasteiger partial charge in [0, 0.05) is 19.2 Å². The van der Waals surface area contributed by atoms with Gasteiger partial charge in [-0.2, -0.15) is 0 Å². The summed E-state index contributed by atoms with van der Waals surface area (Å²) in [6.45, 7) is 2.00. The molecule has 1 aliphatic rings. The number of carbonyl (C=O) groups is 2. The number of benzene rings is 1. The molecule has 114 valence electrons. The molecule has 1 aromatic rings. The monoisotopic (exact) mass is 298 g/mol. The average Bonchev–Trinajstić information content (AvgIpc) is 2.39. The van der Waals surface area contributed by atoms with Gasteiger partial charge in [0.15, 0.2) is 0 Å². The number of carbonyl (C=O) groups excluding carboxylic acids is 1. The lowest BCUT2D eigenvalue weighted by molar-refractivity contribution is -0.136. The smallest absolute Gasteiger partial charge is 0.317 e. The molecule has 2 rings (SSSR count). The first-order chi connectivity index (χ1) is 9.90. The summed E-state index contributed by atoms with van der Waals surface area (Å²) >= 11 is 0. The molecule has 0 fully saturated rings. The van der Waals surface area contributed by atoms with E-state index in [-0.39, 0.29) is 13.0 Å². The van der Waals surface area contributed by atoms with Gasteiger partial charge in [0.2, 0.25) is 0 Å². The van der Waals surface area contributed by atoms with E-state index in [1.165, 1.54) is 11.0 Å². The first-order valence-electron chi connectivity index (χ1n) is 6.64. The quantitative estimate of drug-likeness (QED) is 0.897. The molecule has 0 radical (unpaired) electrons. The van der Waals surface area contributed by atoms with Crippen molar-refractivity contribution in [3.8, 4) is 0 Å². The van der Waals surface area contributed by atoms with Crippen molar-refractivity contribution in [1.82, 2.24) is 10.2 Å². The van der Waals surface area contributed by atoms with Crippen LogP contribution in [0.2, 0.25) is 0 Å². The fraction of sp³-hybridized carbons (Fsp3) is 0.429. The van der Waals surface area contributed by atoms with Gasteiger partial charge in [-0.05, 0) is 30.5 Å². The molecule has 0 bridgehead atoms. The van der Waals surface area contributed by atoms with Gasteiger partial charge in [-0.3, -0.25) is 4.79 Å². The molecule has 0 saturated carbocycles. The number of nitrogens with zero attached hydrogens (tertiary/aromatic N) is 1. The van der Waals surface area contributed by atoms with Gasteiger partial charge in [0.1, 0.15) is 11.6 Å². The van der Waals surface area contributed by atoms with Crippen molar-refractivity contribution in [2.24, 2.45) is 0 Å². The molecular formula is C14H16F2N2O3. The molecule has 0 aromatic heterocycles. The zero-order valence-corrected chi connectivity index (χ0v) is 11.5. The van der Waals surface area contributed by atoms with Crippen LogP contribution in [-0.4, -0.2) is 35.1 Å². The predicted molar refractivity (Wildman–Crippen MR) is 70.8 cm³/mol. The maximum absolute atomic E-state index is 13.7. The van der Waals surface area contributed by atoms with Gasteiger partial charge < -0.3 is 15.3 Å². The molecule has 1 unspecified atom stereocenters. The van der Waals surface area contributed by atoms with Gasteiger partial charge in [-0.25, -0.2) is 13.6 Å². The second-order valence-electron chi connectivity index (χ2n) is 4.95. The summed E-state index contributed by atoms with van der Waals surface area (Å²) < 4.78 is 27.0. The van der Waals surface area contributed by atoms with Crippen LogP contribution in [0.3, 0.4) is 0 Å². The molecular weight excluding hydrogens is 282 g/mol. The van der Waals surface area contributed by atoms with E-state index < -0.39 is 29.7 Å². The Labute approximate surface area is 120 Å². The number of aliphatic carboxylic acids is 1. The minimum Gasteiger partial charge on any atom is -0.481 e. The number of nitrogens with one attached hydrogen (secondary N) is 1. The summed E-state index contributed by atoms with van der Waals surface area (Å²) in [6.07, 6.45) is 0.131. The van der Waals surface area contributed by atoms with E-state index >= 15 is 0 Å². The highest BCUT2D eigenvalue weighted by molar-refractivity contribution is 5.76. The van der Waals surface area contributed by atoms with Gasteiger partial charge in [0.05, 0.1) is 12.5 Å². The Kier molecular flexibility index (Phi) is 4.40. The van der Waals surface area contributed by atoms with Crippen LogP contribution in [0.15, 0.2) is 12.1 Å². The number of rotatable bonds is 3. The minimum atomic E-state index is -1.00. The molecule has 1 aromatic carbocycles. The molecule has 5 nitrogen and oxygen atoms in total. The second kappa shape index (κ2) is 6.07. The van der Waals surface area contributed by atoms with Crippen LogP contribution in [0, 0.1) is 11.6 Å². The minimum absolute atomic E-state index is 0.0156. The Morgan fingerprint density at radius 3 is 2.81 bits per heavy atom. The van der Waals surface area contributed by atoms with Crippen molar-refractivity contribution in [3.63, 3.8) is 0 Å². The largest absolute Gasteiger partial charge is 0.481 e. The molecule has 0 saturated heterocycles. The summed E-state index contributed by atoms with van der Waals surface area (Å²) in [4.78, 5) is 23.9. The fourth-order valence-electron chi connectivity index (χ4n) is 2.51. The average molecular weight is 298 g/mol. The number of carboxylic acid groups (broad SMARTS) is 1. The molecule has 7 heteroatoms. The summed E-state index contributed by atoms with van der Waals surface area (Å²) in [5.41, 5.74) is 0.880. The van der Waals surface area contributed by atoms with E-state index in [9.17, 15) is 18.4 Å². The van der Waals surface area contributed by atoms with E-state index in [1.807, 2.05) is 0 Å². The van der Waals surface area contributed by atoms with E-state index in [4.69, 9.17) is 5.11 Å². The number of hydrogen-bond donors (Lipinski definition) is 2. The van der Waals surface area contributed by atoms with E-state index in [1.54, 1.807) is 6.92 Å². The topological polar surface area (TPSA) is 69.6 Å². The molecule has 1 aliphatic heterocycles. The van der Waals surface area contributed by atoms with E-state index in [0.29, 0.717) is 24.1 Å². The number of urea groups is 1. The molecule has 0 spiro atoms. The predicted octanol–water partition coefficient (Wildman–Crippen LogP) is 2.07. The Morgan fingerprint density at radius 2 is 2.14 bits per heavy atom. The van der Waals surface area contributed by atoms with Crippen molar-refractivity contribution in [3.05, 3.63) is 34.9 Å². The van der Waals surface area contributed by atoms with Crippen LogP contribution in [0.4, 0.5) is 13.6 Å². The van der Waals surface area contributed by atoms with Gasteiger partial charge in [-0.15, -0.1) is 0 Å². The zero-order valence-electron chi connectivity index (χ0n) is 11.5. The van der Waals surface area contributed by atoms with Crippen LogP contribution in [-0.2, 0) is 11.2 Å². The van der Waals surface area contributed by atoms with Gasteiger partial charge >= 0.3 is 12.0 Å². The van der Waals surface area contributed by atoms with Crippen LogP contribution < -0.4 is 5.32 Å². The van der Waals surface area contributed by atoms with Crippen molar-refractivity contribution in [2.75, 3.05) is 13.1 Å². The molecule has 2 N–H and O–H groups in total. The SMILES string of the molecule is CC1c2cc(F)cc(F)c2CCN1C(=O)NCCC(=O)O.